The van der Waals surface area contributed by atoms with Crippen molar-refractivity contribution in [3.63, 3.8) is 0 Å². The highest BCUT2D eigenvalue weighted by molar-refractivity contribution is 7.80. The Balaban J connectivity index is 1.69. The summed E-state index contributed by atoms with van der Waals surface area (Å²) in [6.07, 6.45) is 9.12. The zero-order valence-electron chi connectivity index (χ0n) is 14.3. The minimum atomic E-state index is 0.572. The van der Waals surface area contributed by atoms with E-state index in [1.54, 1.807) is 0 Å². The largest absolute Gasteiger partial charge is 0.382 e. The summed E-state index contributed by atoms with van der Waals surface area (Å²) < 4.78 is 5.34. The third-order valence-electron chi connectivity index (χ3n) is 5.12. The molecule has 0 aliphatic carbocycles. The van der Waals surface area contributed by atoms with Crippen LogP contribution in [0.3, 0.4) is 0 Å². The molecule has 2 saturated heterocycles. The topological polar surface area (TPSA) is 37.7 Å². The number of piperidine rings is 2. The molecule has 0 aromatic heterocycles. The number of hydrogen-bond donors (Lipinski definition) is 3. The normalized spacial score (nSPS) is 30.8. The van der Waals surface area contributed by atoms with Crippen molar-refractivity contribution in [2.24, 2.45) is 0 Å². The molecule has 22 heavy (non-hydrogen) atoms. The van der Waals surface area contributed by atoms with E-state index in [4.69, 9.17) is 17.0 Å². The number of hydrogen-bond acceptors (Lipinski definition) is 2. The van der Waals surface area contributed by atoms with Crippen LogP contribution in [0.1, 0.15) is 58.8 Å². The Morgan fingerprint density at radius 1 is 1.23 bits per heavy atom. The summed E-state index contributed by atoms with van der Waals surface area (Å²) in [5.74, 6) is 0. The van der Waals surface area contributed by atoms with Gasteiger partial charge < -0.3 is 20.3 Å². The van der Waals surface area contributed by atoms with Gasteiger partial charge in [0.15, 0.2) is 5.11 Å². The Bertz CT molecular complexity index is 326. The number of fused-ring (bicyclic) bond motifs is 2. The Labute approximate surface area is 141 Å². The maximum absolute atomic E-state index is 5.46. The number of thiocarbonyl (C=S) groups is 1. The fourth-order valence-corrected chi connectivity index (χ4v) is 4.48. The first-order valence-electron chi connectivity index (χ1n) is 9.22. The van der Waals surface area contributed by atoms with Crippen LogP contribution < -0.4 is 15.5 Å². The van der Waals surface area contributed by atoms with E-state index in [-0.39, 0.29) is 0 Å². The lowest BCUT2D eigenvalue weighted by Crippen LogP contribution is -3.21. The first-order valence-corrected chi connectivity index (χ1v) is 9.63. The van der Waals surface area contributed by atoms with Crippen LogP contribution in [0.25, 0.3) is 0 Å². The number of rotatable bonds is 8. The Morgan fingerprint density at radius 2 is 1.95 bits per heavy atom. The van der Waals surface area contributed by atoms with Gasteiger partial charge in [-0.3, -0.25) is 0 Å². The molecule has 2 heterocycles. The highest BCUT2D eigenvalue weighted by Crippen LogP contribution is 2.22. The van der Waals surface area contributed by atoms with E-state index in [0.717, 1.165) is 43.4 Å². The molecular formula is C17H34N3OS+. The van der Waals surface area contributed by atoms with Crippen molar-refractivity contribution in [1.82, 2.24) is 10.6 Å². The molecule has 0 spiro atoms. The lowest BCUT2D eigenvalue weighted by atomic mass is 9.81. The zero-order chi connectivity index (χ0) is 15.8. The summed E-state index contributed by atoms with van der Waals surface area (Å²) >= 11 is 5.46. The fourth-order valence-electron chi connectivity index (χ4n) is 4.21. The van der Waals surface area contributed by atoms with Gasteiger partial charge in [0.1, 0.15) is 0 Å². The highest BCUT2D eigenvalue weighted by atomic mass is 32.1. The average molecular weight is 329 g/mol. The van der Waals surface area contributed by atoms with Crippen LogP contribution in [-0.2, 0) is 4.74 Å². The van der Waals surface area contributed by atoms with Crippen LogP contribution in [0.15, 0.2) is 0 Å². The van der Waals surface area contributed by atoms with Gasteiger partial charge in [0.2, 0.25) is 0 Å². The lowest BCUT2D eigenvalue weighted by Gasteiger charge is -2.46. The second-order valence-electron chi connectivity index (χ2n) is 6.77. The van der Waals surface area contributed by atoms with Gasteiger partial charge in [-0.15, -0.1) is 0 Å². The second kappa shape index (κ2) is 9.68. The van der Waals surface area contributed by atoms with Crippen molar-refractivity contribution < 1.29 is 9.64 Å². The molecule has 4 nitrogen and oxygen atoms in total. The van der Waals surface area contributed by atoms with Crippen molar-refractivity contribution in [2.75, 3.05) is 26.3 Å². The maximum atomic E-state index is 5.46. The Kier molecular flexibility index (Phi) is 7.90. The summed E-state index contributed by atoms with van der Waals surface area (Å²) in [6.45, 7) is 8.21. The van der Waals surface area contributed by atoms with E-state index in [0.29, 0.717) is 6.04 Å². The molecule has 3 N–H and O–H groups in total. The van der Waals surface area contributed by atoms with Gasteiger partial charge in [0.25, 0.3) is 0 Å². The van der Waals surface area contributed by atoms with E-state index in [1.807, 2.05) is 11.8 Å². The highest BCUT2D eigenvalue weighted by Gasteiger charge is 2.41. The van der Waals surface area contributed by atoms with Gasteiger partial charge in [-0.1, -0.05) is 6.92 Å². The predicted molar refractivity (Wildman–Crippen MR) is 95.4 cm³/mol. The molecule has 2 rings (SSSR count). The molecule has 0 aromatic carbocycles. The van der Waals surface area contributed by atoms with Gasteiger partial charge in [0, 0.05) is 38.6 Å². The summed E-state index contributed by atoms with van der Waals surface area (Å²) in [7, 11) is 0. The molecule has 128 valence electrons. The van der Waals surface area contributed by atoms with Crippen molar-refractivity contribution in [2.45, 2.75) is 76.9 Å². The molecule has 2 bridgehead atoms. The van der Waals surface area contributed by atoms with Crippen LogP contribution >= 0.6 is 12.2 Å². The van der Waals surface area contributed by atoms with Crippen molar-refractivity contribution >= 4 is 17.3 Å². The average Bonchev–Trinajstić information content (AvgIpc) is 2.48. The SMILES string of the molecule is CCC[NH+]1[C@@H]2CCC[C@H]1CC(NC(=S)NCCCOCC)C2. The molecule has 0 saturated carbocycles. The molecule has 2 aliphatic heterocycles. The molecule has 4 atom stereocenters. The van der Waals surface area contributed by atoms with E-state index >= 15 is 0 Å². The molecule has 0 aromatic rings. The summed E-state index contributed by atoms with van der Waals surface area (Å²) in [4.78, 5) is 1.88. The summed E-state index contributed by atoms with van der Waals surface area (Å²) in [6, 6.07) is 2.28. The van der Waals surface area contributed by atoms with Gasteiger partial charge in [-0.2, -0.15) is 0 Å². The van der Waals surface area contributed by atoms with Crippen molar-refractivity contribution in [1.29, 1.82) is 0 Å². The first-order chi connectivity index (χ1) is 10.7. The molecule has 5 heteroatoms. The van der Waals surface area contributed by atoms with Crippen LogP contribution in [0.2, 0.25) is 0 Å². The van der Waals surface area contributed by atoms with Crippen LogP contribution in [0.4, 0.5) is 0 Å². The zero-order valence-corrected chi connectivity index (χ0v) is 15.1. The van der Waals surface area contributed by atoms with Crippen LogP contribution in [0, 0.1) is 0 Å². The number of ether oxygens (including phenoxy) is 1. The van der Waals surface area contributed by atoms with E-state index < -0.39 is 0 Å². The quantitative estimate of drug-likeness (QED) is 0.463. The Morgan fingerprint density at radius 3 is 2.59 bits per heavy atom. The summed E-state index contributed by atoms with van der Waals surface area (Å²) in [5.41, 5.74) is 0. The standard InChI is InChI=1S/C17H33N3OS/c1-3-10-20-15-7-5-8-16(20)13-14(12-15)19-17(22)18-9-6-11-21-4-2/h14-16H,3-13H2,1-2H3,(H2,18,19,22)/p+1/t14?,15-,16+. The minimum Gasteiger partial charge on any atom is -0.382 e. The molecule has 0 amide bonds. The van der Waals surface area contributed by atoms with Gasteiger partial charge in [0.05, 0.1) is 18.6 Å². The molecule has 0 radical (unpaired) electrons. The van der Waals surface area contributed by atoms with Crippen LogP contribution in [0.5, 0.6) is 0 Å². The van der Waals surface area contributed by atoms with Crippen LogP contribution in [-0.4, -0.2) is 49.5 Å². The predicted octanol–water partition coefficient (Wildman–Crippen LogP) is 1.26. The maximum Gasteiger partial charge on any atom is 0.166 e. The van der Waals surface area contributed by atoms with Crippen molar-refractivity contribution in [3.8, 4) is 0 Å². The molecular weight excluding hydrogens is 294 g/mol. The minimum absolute atomic E-state index is 0.572. The monoisotopic (exact) mass is 328 g/mol. The third kappa shape index (κ3) is 5.36. The Hall–Kier alpha value is -0.390. The molecule has 2 aliphatic rings. The fraction of sp³-hybridized carbons (Fsp3) is 0.941. The van der Waals surface area contributed by atoms with Crippen molar-refractivity contribution in [3.05, 3.63) is 0 Å². The smallest absolute Gasteiger partial charge is 0.166 e. The van der Waals surface area contributed by atoms with E-state index in [2.05, 4.69) is 17.6 Å². The van der Waals surface area contributed by atoms with Gasteiger partial charge >= 0.3 is 0 Å². The van der Waals surface area contributed by atoms with Gasteiger partial charge in [-0.05, 0) is 51.2 Å². The summed E-state index contributed by atoms with van der Waals surface area (Å²) in [5, 5.41) is 7.72. The van der Waals surface area contributed by atoms with E-state index in [1.165, 1.54) is 45.1 Å². The number of nitrogens with one attached hydrogen (secondary N) is 3. The third-order valence-corrected chi connectivity index (χ3v) is 5.38. The molecule has 2 fully saturated rings. The number of quaternary nitrogens is 1. The lowest BCUT2D eigenvalue weighted by molar-refractivity contribution is -0.961. The van der Waals surface area contributed by atoms with E-state index in [9.17, 15) is 0 Å². The second-order valence-corrected chi connectivity index (χ2v) is 7.18. The van der Waals surface area contributed by atoms with Gasteiger partial charge in [-0.25, -0.2) is 0 Å². The first kappa shape index (κ1) is 18.0. The molecule has 2 unspecified atom stereocenters.